The molecule has 0 fully saturated rings. The standard InChI is InChI=1S/C13H17N3O2/c1-10(17)5-4-7-14-13(18)11-9-15-16-8-3-2-6-12(11)16/h2-3,6,8-10,17H,4-5,7H2,1H3,(H,14,18). The summed E-state index contributed by atoms with van der Waals surface area (Å²) in [5.41, 5.74) is 1.37. The molecule has 0 aliphatic carbocycles. The molecule has 18 heavy (non-hydrogen) atoms. The molecule has 2 aromatic heterocycles. The first-order valence-corrected chi connectivity index (χ1v) is 6.07. The Hall–Kier alpha value is -1.88. The molecule has 0 aromatic carbocycles. The number of aliphatic hydroxyl groups is 1. The predicted octanol–water partition coefficient (Wildman–Crippen LogP) is 1.23. The van der Waals surface area contributed by atoms with Crippen LogP contribution in [0.25, 0.3) is 5.52 Å². The fourth-order valence-electron chi connectivity index (χ4n) is 1.80. The molecule has 2 N–H and O–H groups in total. The number of amides is 1. The molecular weight excluding hydrogens is 230 g/mol. The largest absolute Gasteiger partial charge is 0.393 e. The van der Waals surface area contributed by atoms with Crippen LogP contribution in [-0.4, -0.2) is 33.3 Å². The number of hydrogen-bond acceptors (Lipinski definition) is 3. The van der Waals surface area contributed by atoms with Crippen LogP contribution in [-0.2, 0) is 0 Å². The summed E-state index contributed by atoms with van der Waals surface area (Å²) in [6, 6.07) is 5.60. The van der Waals surface area contributed by atoms with Crippen LogP contribution in [0.2, 0.25) is 0 Å². The Morgan fingerprint density at radius 3 is 3.17 bits per heavy atom. The first kappa shape index (κ1) is 12.6. The smallest absolute Gasteiger partial charge is 0.255 e. The number of fused-ring (bicyclic) bond motifs is 1. The van der Waals surface area contributed by atoms with E-state index in [-0.39, 0.29) is 12.0 Å². The highest BCUT2D eigenvalue weighted by atomic mass is 16.3. The molecule has 0 aliphatic heterocycles. The Balaban J connectivity index is 1.97. The fraction of sp³-hybridized carbons (Fsp3) is 0.385. The van der Waals surface area contributed by atoms with Gasteiger partial charge in [-0.15, -0.1) is 0 Å². The molecule has 0 saturated carbocycles. The fourth-order valence-corrected chi connectivity index (χ4v) is 1.80. The molecule has 5 heteroatoms. The molecule has 0 bridgehead atoms. The van der Waals surface area contributed by atoms with Crippen molar-refractivity contribution in [3.05, 3.63) is 36.2 Å². The third-order valence-electron chi connectivity index (χ3n) is 2.76. The van der Waals surface area contributed by atoms with Crippen molar-refractivity contribution in [2.45, 2.75) is 25.9 Å². The Bertz CT molecular complexity index is 534. The molecule has 1 unspecified atom stereocenters. The van der Waals surface area contributed by atoms with Gasteiger partial charge in [-0.2, -0.15) is 5.10 Å². The van der Waals surface area contributed by atoms with Gasteiger partial charge in [-0.1, -0.05) is 6.07 Å². The van der Waals surface area contributed by atoms with Crippen LogP contribution in [0.3, 0.4) is 0 Å². The van der Waals surface area contributed by atoms with Gasteiger partial charge in [0.2, 0.25) is 0 Å². The summed E-state index contributed by atoms with van der Waals surface area (Å²) < 4.78 is 1.67. The second-order valence-corrected chi connectivity index (χ2v) is 4.34. The Morgan fingerprint density at radius 2 is 2.39 bits per heavy atom. The van der Waals surface area contributed by atoms with Gasteiger partial charge < -0.3 is 10.4 Å². The lowest BCUT2D eigenvalue weighted by atomic mass is 10.2. The number of hydrogen-bond donors (Lipinski definition) is 2. The van der Waals surface area contributed by atoms with Crippen molar-refractivity contribution in [1.29, 1.82) is 0 Å². The average Bonchev–Trinajstić information content (AvgIpc) is 2.78. The lowest BCUT2D eigenvalue weighted by Crippen LogP contribution is -2.24. The van der Waals surface area contributed by atoms with Crippen LogP contribution in [0.4, 0.5) is 0 Å². The summed E-state index contributed by atoms with van der Waals surface area (Å²) in [5, 5.41) is 16.1. The summed E-state index contributed by atoms with van der Waals surface area (Å²) in [5.74, 6) is -0.123. The minimum atomic E-state index is -0.320. The van der Waals surface area contributed by atoms with Gasteiger partial charge in [-0.05, 0) is 31.9 Å². The minimum Gasteiger partial charge on any atom is -0.393 e. The van der Waals surface area contributed by atoms with E-state index < -0.39 is 0 Å². The number of carbonyl (C=O) groups is 1. The number of pyridine rings is 1. The molecule has 2 rings (SSSR count). The van der Waals surface area contributed by atoms with Crippen molar-refractivity contribution in [2.24, 2.45) is 0 Å². The predicted molar refractivity (Wildman–Crippen MR) is 68.4 cm³/mol. The van der Waals surface area contributed by atoms with Crippen molar-refractivity contribution >= 4 is 11.4 Å². The maximum atomic E-state index is 11.9. The molecule has 1 amide bonds. The summed E-state index contributed by atoms with van der Waals surface area (Å²) in [7, 11) is 0. The van der Waals surface area contributed by atoms with Gasteiger partial charge in [-0.25, -0.2) is 4.52 Å². The molecule has 5 nitrogen and oxygen atoms in total. The zero-order valence-corrected chi connectivity index (χ0v) is 10.3. The third kappa shape index (κ3) is 2.87. The number of rotatable bonds is 5. The number of nitrogens with zero attached hydrogens (tertiary/aromatic N) is 2. The van der Waals surface area contributed by atoms with Gasteiger partial charge in [0.1, 0.15) is 0 Å². The zero-order chi connectivity index (χ0) is 13.0. The molecule has 0 radical (unpaired) electrons. The van der Waals surface area contributed by atoms with Gasteiger partial charge in [0, 0.05) is 12.7 Å². The lowest BCUT2D eigenvalue weighted by molar-refractivity contribution is 0.0951. The first-order valence-electron chi connectivity index (χ1n) is 6.07. The summed E-state index contributed by atoms with van der Waals surface area (Å²) >= 11 is 0. The van der Waals surface area contributed by atoms with E-state index in [0.29, 0.717) is 18.5 Å². The molecule has 0 aliphatic rings. The highest BCUT2D eigenvalue weighted by molar-refractivity contribution is 6.00. The van der Waals surface area contributed by atoms with E-state index in [1.165, 1.54) is 0 Å². The van der Waals surface area contributed by atoms with Gasteiger partial charge in [0.05, 0.1) is 23.4 Å². The Labute approximate surface area is 105 Å². The first-order chi connectivity index (χ1) is 8.68. The highest BCUT2D eigenvalue weighted by Gasteiger charge is 2.11. The van der Waals surface area contributed by atoms with Crippen LogP contribution in [0.15, 0.2) is 30.6 Å². The van der Waals surface area contributed by atoms with Crippen molar-refractivity contribution in [1.82, 2.24) is 14.9 Å². The number of aromatic nitrogens is 2. The zero-order valence-electron chi connectivity index (χ0n) is 10.3. The number of carbonyl (C=O) groups excluding carboxylic acids is 1. The summed E-state index contributed by atoms with van der Waals surface area (Å²) in [6.45, 7) is 2.31. The van der Waals surface area contributed by atoms with Gasteiger partial charge in [0.25, 0.3) is 5.91 Å². The SMILES string of the molecule is CC(O)CCCNC(=O)c1cnn2ccccc12. The van der Waals surface area contributed by atoms with Crippen molar-refractivity contribution in [3.8, 4) is 0 Å². The quantitative estimate of drug-likeness (QED) is 0.781. The van der Waals surface area contributed by atoms with Crippen LogP contribution >= 0.6 is 0 Å². The van der Waals surface area contributed by atoms with E-state index >= 15 is 0 Å². The van der Waals surface area contributed by atoms with Crippen molar-refractivity contribution < 1.29 is 9.90 Å². The van der Waals surface area contributed by atoms with E-state index in [4.69, 9.17) is 5.11 Å². The molecule has 2 aromatic rings. The Morgan fingerprint density at radius 1 is 1.56 bits per heavy atom. The molecule has 1 atom stereocenters. The molecule has 0 spiro atoms. The van der Waals surface area contributed by atoms with E-state index in [0.717, 1.165) is 11.9 Å². The lowest BCUT2D eigenvalue weighted by Gasteiger charge is -2.05. The number of nitrogens with one attached hydrogen (secondary N) is 1. The van der Waals surface area contributed by atoms with Crippen LogP contribution in [0.1, 0.15) is 30.1 Å². The van der Waals surface area contributed by atoms with Crippen molar-refractivity contribution in [3.63, 3.8) is 0 Å². The maximum Gasteiger partial charge on any atom is 0.255 e. The van der Waals surface area contributed by atoms with E-state index in [1.54, 1.807) is 23.8 Å². The average molecular weight is 247 g/mol. The second kappa shape index (κ2) is 5.64. The molecule has 0 saturated heterocycles. The summed E-state index contributed by atoms with van der Waals surface area (Å²) in [6.07, 6.45) is 4.51. The molecular formula is C13H17N3O2. The Kier molecular flexibility index (Phi) is 3.94. The molecule has 96 valence electrons. The van der Waals surface area contributed by atoms with E-state index in [2.05, 4.69) is 10.4 Å². The van der Waals surface area contributed by atoms with Crippen LogP contribution in [0.5, 0.6) is 0 Å². The van der Waals surface area contributed by atoms with Crippen LogP contribution < -0.4 is 5.32 Å². The molecule has 2 heterocycles. The third-order valence-corrected chi connectivity index (χ3v) is 2.76. The number of aliphatic hydroxyl groups excluding tert-OH is 1. The minimum absolute atomic E-state index is 0.123. The second-order valence-electron chi connectivity index (χ2n) is 4.34. The highest BCUT2D eigenvalue weighted by Crippen LogP contribution is 2.09. The maximum absolute atomic E-state index is 11.9. The summed E-state index contributed by atoms with van der Waals surface area (Å²) in [4.78, 5) is 11.9. The monoisotopic (exact) mass is 247 g/mol. The van der Waals surface area contributed by atoms with Crippen molar-refractivity contribution in [2.75, 3.05) is 6.54 Å². The van der Waals surface area contributed by atoms with Gasteiger partial charge in [0.15, 0.2) is 0 Å². The van der Waals surface area contributed by atoms with E-state index in [1.807, 2.05) is 18.2 Å². The van der Waals surface area contributed by atoms with E-state index in [9.17, 15) is 4.79 Å². The van der Waals surface area contributed by atoms with Crippen LogP contribution in [0, 0.1) is 0 Å². The normalized spacial score (nSPS) is 12.6. The van der Waals surface area contributed by atoms with Gasteiger partial charge >= 0.3 is 0 Å². The topological polar surface area (TPSA) is 66.6 Å². The van der Waals surface area contributed by atoms with Gasteiger partial charge in [-0.3, -0.25) is 4.79 Å².